The Hall–Kier alpha value is -1.88. The molecule has 1 saturated carbocycles. The van der Waals surface area contributed by atoms with Gasteiger partial charge in [-0.05, 0) is 56.3 Å². The number of carbonyl (C=O) groups excluding carboxylic acids is 2. The van der Waals surface area contributed by atoms with Crippen LogP contribution in [0.2, 0.25) is 0 Å². The van der Waals surface area contributed by atoms with Crippen molar-refractivity contribution in [1.82, 2.24) is 10.2 Å². The van der Waals surface area contributed by atoms with Crippen molar-refractivity contribution in [1.29, 1.82) is 0 Å². The SMILES string of the molecule is Cc1cccc(NC(=O)CN(C)CC(=O)N[C@@H]2CCC[C@H](C)[C@@H]2C)c1C. The number of benzene rings is 1. The molecule has 2 amide bonds. The maximum absolute atomic E-state index is 12.3. The first-order valence-corrected chi connectivity index (χ1v) is 9.62. The second-order valence-electron chi connectivity index (χ2n) is 7.91. The van der Waals surface area contributed by atoms with E-state index in [-0.39, 0.29) is 30.9 Å². The summed E-state index contributed by atoms with van der Waals surface area (Å²) in [6, 6.07) is 6.11. The molecule has 1 aliphatic carbocycles. The van der Waals surface area contributed by atoms with Crippen molar-refractivity contribution >= 4 is 17.5 Å². The molecule has 0 aromatic heterocycles. The van der Waals surface area contributed by atoms with Crippen LogP contribution in [-0.2, 0) is 9.59 Å². The lowest BCUT2D eigenvalue weighted by Crippen LogP contribution is -2.47. The molecule has 1 aromatic rings. The van der Waals surface area contributed by atoms with E-state index in [0.29, 0.717) is 11.8 Å². The zero-order valence-corrected chi connectivity index (χ0v) is 16.8. The third kappa shape index (κ3) is 5.56. The maximum Gasteiger partial charge on any atom is 0.238 e. The van der Waals surface area contributed by atoms with Crippen LogP contribution in [0.25, 0.3) is 0 Å². The molecular formula is C21H33N3O2. The highest BCUT2D eigenvalue weighted by Crippen LogP contribution is 2.29. The van der Waals surface area contributed by atoms with Crippen molar-refractivity contribution in [3.8, 4) is 0 Å². The zero-order chi connectivity index (χ0) is 19.3. The molecule has 5 heteroatoms. The summed E-state index contributed by atoms with van der Waals surface area (Å²) < 4.78 is 0. The van der Waals surface area contributed by atoms with Gasteiger partial charge in [-0.2, -0.15) is 0 Å². The molecule has 144 valence electrons. The monoisotopic (exact) mass is 359 g/mol. The van der Waals surface area contributed by atoms with Gasteiger partial charge in [0.1, 0.15) is 0 Å². The largest absolute Gasteiger partial charge is 0.352 e. The Kier molecular flexibility index (Phi) is 7.21. The van der Waals surface area contributed by atoms with Crippen LogP contribution in [0.5, 0.6) is 0 Å². The van der Waals surface area contributed by atoms with Crippen LogP contribution < -0.4 is 10.6 Å². The summed E-state index contributed by atoms with van der Waals surface area (Å²) in [5, 5.41) is 6.09. The summed E-state index contributed by atoms with van der Waals surface area (Å²) in [6.45, 7) is 8.92. The Morgan fingerprint density at radius 2 is 1.81 bits per heavy atom. The van der Waals surface area contributed by atoms with Crippen LogP contribution in [-0.4, -0.2) is 42.9 Å². The van der Waals surface area contributed by atoms with Gasteiger partial charge < -0.3 is 10.6 Å². The minimum atomic E-state index is -0.103. The van der Waals surface area contributed by atoms with Crippen molar-refractivity contribution in [2.24, 2.45) is 11.8 Å². The van der Waals surface area contributed by atoms with E-state index in [1.54, 1.807) is 11.9 Å². The summed E-state index contributed by atoms with van der Waals surface area (Å²) in [5.74, 6) is 1.05. The number of anilines is 1. The number of aryl methyl sites for hydroxylation is 1. The molecule has 0 radical (unpaired) electrons. The van der Waals surface area contributed by atoms with Crippen LogP contribution in [0.4, 0.5) is 5.69 Å². The molecule has 1 fully saturated rings. The first-order valence-electron chi connectivity index (χ1n) is 9.62. The molecule has 5 nitrogen and oxygen atoms in total. The Balaban J connectivity index is 1.80. The minimum absolute atomic E-state index is 0.00186. The van der Waals surface area contributed by atoms with Crippen molar-refractivity contribution in [3.05, 3.63) is 29.3 Å². The van der Waals surface area contributed by atoms with Crippen molar-refractivity contribution in [3.63, 3.8) is 0 Å². The quantitative estimate of drug-likeness (QED) is 0.820. The van der Waals surface area contributed by atoms with Gasteiger partial charge in [-0.25, -0.2) is 0 Å². The molecule has 2 N–H and O–H groups in total. The molecule has 1 aromatic carbocycles. The highest BCUT2D eigenvalue weighted by molar-refractivity contribution is 5.93. The highest BCUT2D eigenvalue weighted by Gasteiger charge is 2.28. The average Bonchev–Trinajstić information content (AvgIpc) is 2.56. The molecule has 0 saturated heterocycles. The normalized spacial score (nSPS) is 22.9. The molecule has 0 spiro atoms. The number of carbonyl (C=O) groups is 2. The predicted molar refractivity (Wildman–Crippen MR) is 106 cm³/mol. The zero-order valence-electron chi connectivity index (χ0n) is 16.8. The molecule has 0 aliphatic heterocycles. The Bertz CT molecular complexity index is 644. The second kappa shape index (κ2) is 9.17. The Morgan fingerprint density at radius 1 is 1.12 bits per heavy atom. The third-order valence-corrected chi connectivity index (χ3v) is 5.76. The summed E-state index contributed by atoms with van der Waals surface area (Å²) in [6.07, 6.45) is 3.46. The van der Waals surface area contributed by atoms with Crippen LogP contribution in [0.15, 0.2) is 18.2 Å². The number of nitrogens with one attached hydrogen (secondary N) is 2. The maximum atomic E-state index is 12.3. The lowest BCUT2D eigenvalue weighted by Gasteiger charge is -2.34. The van der Waals surface area contributed by atoms with Gasteiger partial charge in [0, 0.05) is 11.7 Å². The van der Waals surface area contributed by atoms with Gasteiger partial charge in [-0.15, -0.1) is 0 Å². The smallest absolute Gasteiger partial charge is 0.238 e. The fourth-order valence-electron chi connectivity index (χ4n) is 3.66. The van der Waals surface area contributed by atoms with E-state index in [4.69, 9.17) is 0 Å². The fourth-order valence-corrected chi connectivity index (χ4v) is 3.66. The molecule has 0 heterocycles. The molecule has 3 atom stereocenters. The van der Waals surface area contributed by atoms with Crippen molar-refractivity contribution in [2.45, 2.75) is 53.0 Å². The lowest BCUT2D eigenvalue weighted by atomic mass is 9.78. The molecule has 26 heavy (non-hydrogen) atoms. The fraction of sp³-hybridized carbons (Fsp3) is 0.619. The van der Waals surface area contributed by atoms with Crippen molar-refractivity contribution < 1.29 is 9.59 Å². The van der Waals surface area contributed by atoms with E-state index in [9.17, 15) is 9.59 Å². The van der Waals surface area contributed by atoms with Crippen LogP contribution in [0.1, 0.15) is 44.2 Å². The van der Waals surface area contributed by atoms with Crippen LogP contribution >= 0.6 is 0 Å². The lowest BCUT2D eigenvalue weighted by molar-refractivity contribution is -0.124. The summed E-state index contributed by atoms with van der Waals surface area (Å²) in [4.78, 5) is 26.4. The van der Waals surface area contributed by atoms with E-state index in [1.165, 1.54) is 12.8 Å². The predicted octanol–water partition coefficient (Wildman–Crippen LogP) is 3.11. The van der Waals surface area contributed by atoms with E-state index in [2.05, 4.69) is 24.5 Å². The van der Waals surface area contributed by atoms with E-state index >= 15 is 0 Å². The van der Waals surface area contributed by atoms with Gasteiger partial charge in [0.2, 0.25) is 11.8 Å². The van der Waals surface area contributed by atoms with Gasteiger partial charge in [-0.3, -0.25) is 14.5 Å². The molecule has 0 bridgehead atoms. The summed E-state index contributed by atoms with van der Waals surface area (Å²) in [7, 11) is 1.80. The summed E-state index contributed by atoms with van der Waals surface area (Å²) >= 11 is 0. The first-order chi connectivity index (χ1) is 12.3. The molecule has 2 rings (SSSR count). The molecule has 1 aliphatic rings. The Labute approximate surface area is 157 Å². The number of rotatable bonds is 6. The number of hydrogen-bond donors (Lipinski definition) is 2. The van der Waals surface area contributed by atoms with Gasteiger partial charge in [-0.1, -0.05) is 38.8 Å². The summed E-state index contributed by atoms with van der Waals surface area (Å²) in [5.41, 5.74) is 3.05. The molecular weight excluding hydrogens is 326 g/mol. The van der Waals surface area contributed by atoms with E-state index in [1.807, 2.05) is 32.0 Å². The number of nitrogens with zero attached hydrogens (tertiary/aromatic N) is 1. The van der Waals surface area contributed by atoms with E-state index in [0.717, 1.165) is 23.2 Å². The molecule has 0 unspecified atom stereocenters. The second-order valence-corrected chi connectivity index (χ2v) is 7.91. The van der Waals surface area contributed by atoms with Crippen molar-refractivity contribution in [2.75, 3.05) is 25.5 Å². The first kappa shape index (κ1) is 20.4. The van der Waals surface area contributed by atoms with Gasteiger partial charge in [0.05, 0.1) is 13.1 Å². The number of amides is 2. The van der Waals surface area contributed by atoms with E-state index < -0.39 is 0 Å². The minimum Gasteiger partial charge on any atom is -0.352 e. The van der Waals surface area contributed by atoms with Gasteiger partial charge in [0.15, 0.2) is 0 Å². The third-order valence-electron chi connectivity index (χ3n) is 5.76. The standard InChI is InChI=1S/C21H33N3O2/c1-14-8-6-10-18(16(14)3)22-20(25)12-24(5)13-21(26)23-19-11-7-9-15(2)17(19)4/h6,8,10,15,17,19H,7,9,11-13H2,1-5H3,(H,22,25)(H,23,26)/t15-,17-,19+/m0/s1. The average molecular weight is 360 g/mol. The number of hydrogen-bond acceptors (Lipinski definition) is 3. The highest BCUT2D eigenvalue weighted by atomic mass is 16.2. The van der Waals surface area contributed by atoms with Gasteiger partial charge in [0.25, 0.3) is 0 Å². The van der Waals surface area contributed by atoms with Gasteiger partial charge >= 0.3 is 0 Å². The number of likely N-dealkylation sites (N-methyl/N-ethyl adjacent to an activating group) is 1. The van der Waals surface area contributed by atoms with Crippen LogP contribution in [0, 0.1) is 25.7 Å². The van der Waals surface area contributed by atoms with Crippen LogP contribution in [0.3, 0.4) is 0 Å². The Morgan fingerprint density at radius 3 is 2.54 bits per heavy atom. The topological polar surface area (TPSA) is 61.4 Å².